The van der Waals surface area contributed by atoms with E-state index in [4.69, 9.17) is 4.74 Å². The van der Waals surface area contributed by atoms with E-state index in [0.29, 0.717) is 0 Å². The van der Waals surface area contributed by atoms with Gasteiger partial charge in [-0.3, -0.25) is 0 Å². The second kappa shape index (κ2) is 2.28. The number of ether oxygens (including phenoxy) is 1. The maximum Gasteiger partial charge on any atom is 0.0791 e. The van der Waals surface area contributed by atoms with E-state index in [9.17, 15) is 0 Å². The van der Waals surface area contributed by atoms with Crippen LogP contribution >= 0.6 is 0 Å². The van der Waals surface area contributed by atoms with Crippen LogP contribution in [0, 0.1) is 5.92 Å². The summed E-state index contributed by atoms with van der Waals surface area (Å²) in [5.41, 5.74) is 3.79. The van der Waals surface area contributed by atoms with Crippen LogP contribution in [0.15, 0.2) is 0 Å². The van der Waals surface area contributed by atoms with Gasteiger partial charge in [0.2, 0.25) is 0 Å². The Morgan fingerprint density at radius 1 is 1.71 bits per heavy atom. The highest BCUT2D eigenvalue weighted by atomic mass is 16.5. The van der Waals surface area contributed by atoms with E-state index >= 15 is 0 Å². The second-order valence-corrected chi connectivity index (χ2v) is 2.02. The topological polar surface area (TPSA) is 36.9 Å². The molecule has 2 heteroatoms. The van der Waals surface area contributed by atoms with Crippen LogP contribution in [0.25, 0.3) is 0 Å². The molecule has 0 amide bonds. The average molecular weight is 102 g/mol. The highest BCUT2D eigenvalue weighted by molar-refractivity contribution is 4.60. The molecule has 1 heterocycles. The van der Waals surface area contributed by atoms with E-state index in [1.165, 1.54) is 6.42 Å². The van der Waals surface area contributed by atoms with Crippen molar-refractivity contribution in [3.8, 4) is 0 Å². The molecule has 1 fully saturated rings. The standard InChI is InChI=1S/C5H11NO/c6-3-5-1-2-7-4-5/h5H,1-4,6H2/p+1/t5-/m1/s1. The number of quaternary nitrogens is 1. The summed E-state index contributed by atoms with van der Waals surface area (Å²) < 4.78 is 5.11. The molecule has 1 saturated heterocycles. The van der Waals surface area contributed by atoms with Crippen molar-refractivity contribution in [2.75, 3.05) is 19.8 Å². The van der Waals surface area contributed by atoms with Gasteiger partial charge in [-0.1, -0.05) is 0 Å². The monoisotopic (exact) mass is 102 g/mol. The van der Waals surface area contributed by atoms with E-state index in [1.54, 1.807) is 0 Å². The molecule has 1 aliphatic rings. The van der Waals surface area contributed by atoms with Crippen molar-refractivity contribution in [1.82, 2.24) is 0 Å². The third-order valence-corrected chi connectivity index (χ3v) is 1.43. The summed E-state index contributed by atoms with van der Waals surface area (Å²) in [7, 11) is 0. The first-order valence-corrected chi connectivity index (χ1v) is 2.80. The molecule has 2 nitrogen and oxygen atoms in total. The first-order valence-electron chi connectivity index (χ1n) is 2.80. The van der Waals surface area contributed by atoms with Gasteiger partial charge in [0.25, 0.3) is 0 Å². The van der Waals surface area contributed by atoms with E-state index in [1.807, 2.05) is 0 Å². The van der Waals surface area contributed by atoms with E-state index in [-0.39, 0.29) is 0 Å². The van der Waals surface area contributed by atoms with Crippen LogP contribution in [0.5, 0.6) is 0 Å². The van der Waals surface area contributed by atoms with Crippen molar-refractivity contribution >= 4 is 0 Å². The minimum atomic E-state index is 0.764. The fraction of sp³-hybridized carbons (Fsp3) is 1.00. The summed E-state index contributed by atoms with van der Waals surface area (Å²) >= 11 is 0. The van der Waals surface area contributed by atoms with E-state index < -0.39 is 0 Å². The predicted octanol–water partition coefficient (Wildman–Crippen LogP) is -0.735. The van der Waals surface area contributed by atoms with E-state index in [0.717, 1.165) is 25.7 Å². The largest absolute Gasteiger partial charge is 0.381 e. The van der Waals surface area contributed by atoms with Gasteiger partial charge in [0.15, 0.2) is 0 Å². The van der Waals surface area contributed by atoms with Crippen molar-refractivity contribution in [3.05, 3.63) is 0 Å². The smallest absolute Gasteiger partial charge is 0.0791 e. The molecule has 1 atom stereocenters. The first-order chi connectivity index (χ1) is 3.43. The van der Waals surface area contributed by atoms with Crippen LogP contribution < -0.4 is 5.73 Å². The molecule has 42 valence electrons. The summed E-state index contributed by atoms with van der Waals surface area (Å²) in [6.45, 7) is 2.95. The van der Waals surface area contributed by atoms with Gasteiger partial charge >= 0.3 is 0 Å². The minimum Gasteiger partial charge on any atom is -0.381 e. The Labute approximate surface area is 43.6 Å². The fourth-order valence-electron chi connectivity index (χ4n) is 0.811. The molecule has 0 radical (unpaired) electrons. The molecule has 0 unspecified atom stereocenters. The molecular formula is C5H12NO+. The number of rotatable bonds is 1. The van der Waals surface area contributed by atoms with Gasteiger partial charge in [-0.15, -0.1) is 0 Å². The van der Waals surface area contributed by atoms with Crippen molar-refractivity contribution in [2.45, 2.75) is 6.42 Å². The van der Waals surface area contributed by atoms with Gasteiger partial charge in [0.05, 0.1) is 13.2 Å². The van der Waals surface area contributed by atoms with Crippen LogP contribution in [0.2, 0.25) is 0 Å². The summed E-state index contributed by atoms with van der Waals surface area (Å²) in [6, 6.07) is 0. The van der Waals surface area contributed by atoms with Crippen molar-refractivity contribution < 1.29 is 10.5 Å². The highest BCUT2D eigenvalue weighted by Gasteiger charge is 2.14. The van der Waals surface area contributed by atoms with Crippen LogP contribution in [0.4, 0.5) is 0 Å². The Hall–Kier alpha value is -0.0800. The normalized spacial score (nSPS) is 31.3. The van der Waals surface area contributed by atoms with Crippen LogP contribution in [0.1, 0.15) is 6.42 Å². The van der Waals surface area contributed by atoms with E-state index in [2.05, 4.69) is 5.73 Å². The molecule has 0 aromatic rings. The zero-order chi connectivity index (χ0) is 5.11. The molecular weight excluding hydrogens is 90.1 g/mol. The summed E-state index contributed by atoms with van der Waals surface area (Å²) in [6.07, 6.45) is 1.23. The second-order valence-electron chi connectivity index (χ2n) is 2.02. The third-order valence-electron chi connectivity index (χ3n) is 1.43. The minimum absolute atomic E-state index is 0.764. The molecule has 0 aromatic heterocycles. The lowest BCUT2D eigenvalue weighted by molar-refractivity contribution is -0.378. The molecule has 0 saturated carbocycles. The molecule has 0 spiro atoms. The molecule has 1 rings (SSSR count). The lowest BCUT2D eigenvalue weighted by Crippen LogP contribution is -2.53. The summed E-state index contributed by atoms with van der Waals surface area (Å²) in [4.78, 5) is 0. The first kappa shape index (κ1) is 5.06. The third kappa shape index (κ3) is 1.14. The Kier molecular flexibility index (Phi) is 1.65. The van der Waals surface area contributed by atoms with Crippen LogP contribution in [-0.4, -0.2) is 19.8 Å². The Morgan fingerprint density at radius 2 is 2.57 bits per heavy atom. The number of hydrogen-bond donors (Lipinski definition) is 1. The van der Waals surface area contributed by atoms with Gasteiger partial charge < -0.3 is 10.5 Å². The van der Waals surface area contributed by atoms with Gasteiger partial charge in [-0.2, -0.15) is 0 Å². The molecule has 1 aliphatic heterocycles. The predicted molar refractivity (Wildman–Crippen MR) is 26.7 cm³/mol. The maximum atomic E-state index is 5.11. The Morgan fingerprint density at radius 3 is 2.86 bits per heavy atom. The van der Waals surface area contributed by atoms with Crippen molar-refractivity contribution in [3.63, 3.8) is 0 Å². The molecule has 0 aromatic carbocycles. The van der Waals surface area contributed by atoms with Gasteiger partial charge in [-0.25, -0.2) is 0 Å². The van der Waals surface area contributed by atoms with Crippen molar-refractivity contribution in [2.24, 2.45) is 5.92 Å². The SMILES string of the molecule is [NH3+]C[C@H]1CCOC1. The summed E-state index contributed by atoms with van der Waals surface area (Å²) in [5.74, 6) is 0.764. The quantitative estimate of drug-likeness (QED) is 0.465. The molecule has 7 heavy (non-hydrogen) atoms. The zero-order valence-corrected chi connectivity index (χ0v) is 4.52. The van der Waals surface area contributed by atoms with Crippen molar-refractivity contribution in [1.29, 1.82) is 0 Å². The lowest BCUT2D eigenvalue weighted by Gasteiger charge is -1.94. The molecule has 0 bridgehead atoms. The Balaban J connectivity index is 2.14. The number of hydrogen-bond acceptors (Lipinski definition) is 1. The fourth-order valence-corrected chi connectivity index (χ4v) is 0.811. The average Bonchev–Trinajstić information content (AvgIpc) is 2.14. The van der Waals surface area contributed by atoms with Gasteiger partial charge in [0, 0.05) is 12.5 Å². The summed E-state index contributed by atoms with van der Waals surface area (Å²) in [5, 5.41) is 0. The lowest BCUT2D eigenvalue weighted by atomic mass is 10.1. The maximum absolute atomic E-state index is 5.11. The van der Waals surface area contributed by atoms with Gasteiger partial charge in [-0.05, 0) is 6.42 Å². The van der Waals surface area contributed by atoms with Crippen LogP contribution in [0.3, 0.4) is 0 Å². The Bertz CT molecular complexity index is 50.0. The molecule has 0 aliphatic carbocycles. The van der Waals surface area contributed by atoms with Crippen LogP contribution in [-0.2, 0) is 4.74 Å². The highest BCUT2D eigenvalue weighted by Crippen LogP contribution is 2.08. The molecule has 3 N–H and O–H groups in total. The van der Waals surface area contributed by atoms with Gasteiger partial charge in [0.1, 0.15) is 0 Å². The zero-order valence-electron chi connectivity index (χ0n) is 4.52.